The van der Waals surface area contributed by atoms with E-state index in [4.69, 9.17) is 6.42 Å². The second kappa shape index (κ2) is 4.35. The molecule has 1 atom stereocenters. The lowest BCUT2D eigenvalue weighted by molar-refractivity contribution is -0.174. The number of carboxylic acids is 1. The molecule has 0 aliphatic carbocycles. The average Bonchev–Trinajstić information content (AvgIpc) is 2.18. The number of esters is 1. The summed E-state index contributed by atoms with van der Waals surface area (Å²) < 4.78 is 4.54. The van der Waals surface area contributed by atoms with Crippen molar-refractivity contribution in [2.24, 2.45) is 10.8 Å². The summed E-state index contributed by atoms with van der Waals surface area (Å²) in [5.41, 5.74) is -2.78. The third-order valence-electron chi connectivity index (χ3n) is 2.86. The molecule has 0 saturated heterocycles. The van der Waals surface area contributed by atoms with Crippen LogP contribution in [0.2, 0.25) is 0 Å². The van der Waals surface area contributed by atoms with E-state index in [1.54, 1.807) is 20.8 Å². The molecule has 1 unspecified atom stereocenters. The minimum Gasteiger partial charge on any atom is -0.480 e. The second-order valence-corrected chi connectivity index (χ2v) is 3.82. The van der Waals surface area contributed by atoms with E-state index in [0.29, 0.717) is 0 Å². The molecule has 15 heavy (non-hydrogen) atoms. The molecule has 0 amide bonds. The van der Waals surface area contributed by atoms with E-state index >= 15 is 0 Å². The van der Waals surface area contributed by atoms with Crippen LogP contribution in [-0.2, 0) is 14.3 Å². The van der Waals surface area contributed by atoms with Gasteiger partial charge in [-0.15, -0.1) is 6.42 Å². The lowest BCUT2D eigenvalue weighted by Crippen LogP contribution is -2.50. The highest BCUT2D eigenvalue weighted by Gasteiger charge is 2.56. The molecular formula is C11H16O4. The standard InChI is InChI=1S/C11H16O4/c1-6-10(3,4)11(7-2,8(12)13)9(14)15-5/h1H,7H2,2-5H3,(H,12,13). The van der Waals surface area contributed by atoms with Gasteiger partial charge in [0.15, 0.2) is 5.41 Å². The maximum atomic E-state index is 11.6. The summed E-state index contributed by atoms with van der Waals surface area (Å²) in [6.45, 7) is 4.69. The molecule has 84 valence electrons. The lowest BCUT2D eigenvalue weighted by atomic mass is 9.64. The van der Waals surface area contributed by atoms with E-state index in [-0.39, 0.29) is 6.42 Å². The molecule has 0 aliphatic heterocycles. The fraction of sp³-hybridized carbons (Fsp3) is 0.636. The molecule has 0 fully saturated rings. The first-order chi connectivity index (χ1) is 6.80. The van der Waals surface area contributed by atoms with Crippen LogP contribution in [0.4, 0.5) is 0 Å². The maximum absolute atomic E-state index is 11.6. The van der Waals surface area contributed by atoms with E-state index in [2.05, 4.69) is 10.7 Å². The summed E-state index contributed by atoms with van der Waals surface area (Å²) in [6, 6.07) is 0. The van der Waals surface area contributed by atoms with Gasteiger partial charge in [0, 0.05) is 0 Å². The van der Waals surface area contributed by atoms with Crippen LogP contribution in [0.15, 0.2) is 0 Å². The summed E-state index contributed by atoms with van der Waals surface area (Å²) in [5, 5.41) is 9.20. The van der Waals surface area contributed by atoms with Crippen molar-refractivity contribution in [3.05, 3.63) is 0 Å². The fourth-order valence-electron chi connectivity index (χ4n) is 1.64. The first-order valence-corrected chi connectivity index (χ1v) is 4.59. The Morgan fingerprint density at radius 3 is 2.13 bits per heavy atom. The molecule has 0 rings (SSSR count). The molecular weight excluding hydrogens is 196 g/mol. The van der Waals surface area contributed by atoms with Gasteiger partial charge in [0.05, 0.1) is 12.5 Å². The van der Waals surface area contributed by atoms with Crippen LogP contribution in [0.3, 0.4) is 0 Å². The van der Waals surface area contributed by atoms with Gasteiger partial charge in [-0.3, -0.25) is 9.59 Å². The van der Waals surface area contributed by atoms with Crippen LogP contribution >= 0.6 is 0 Å². The van der Waals surface area contributed by atoms with Gasteiger partial charge in [-0.2, -0.15) is 0 Å². The zero-order chi connectivity index (χ0) is 12.3. The lowest BCUT2D eigenvalue weighted by Gasteiger charge is -2.36. The number of carboxylic acid groups (broad SMARTS) is 1. The van der Waals surface area contributed by atoms with E-state index in [1.165, 1.54) is 0 Å². The number of carbonyl (C=O) groups is 2. The van der Waals surface area contributed by atoms with Gasteiger partial charge in [0.25, 0.3) is 0 Å². The number of carbonyl (C=O) groups excluding carboxylic acids is 1. The smallest absolute Gasteiger partial charge is 0.324 e. The number of rotatable bonds is 4. The van der Waals surface area contributed by atoms with Crippen LogP contribution < -0.4 is 0 Å². The second-order valence-electron chi connectivity index (χ2n) is 3.82. The van der Waals surface area contributed by atoms with Gasteiger partial charge in [-0.1, -0.05) is 12.8 Å². The topological polar surface area (TPSA) is 63.6 Å². The summed E-state index contributed by atoms with van der Waals surface area (Å²) in [5.74, 6) is 0.293. The molecule has 0 aliphatic rings. The molecule has 4 heteroatoms. The fourth-order valence-corrected chi connectivity index (χ4v) is 1.64. The highest BCUT2D eigenvalue weighted by molar-refractivity contribution is 6.00. The molecule has 4 nitrogen and oxygen atoms in total. The van der Waals surface area contributed by atoms with Crippen LogP contribution in [0.25, 0.3) is 0 Å². The van der Waals surface area contributed by atoms with Crippen molar-refractivity contribution >= 4 is 11.9 Å². The molecule has 0 spiro atoms. The highest BCUT2D eigenvalue weighted by Crippen LogP contribution is 2.42. The van der Waals surface area contributed by atoms with Gasteiger partial charge in [-0.05, 0) is 20.3 Å². The van der Waals surface area contributed by atoms with Gasteiger partial charge < -0.3 is 9.84 Å². The quantitative estimate of drug-likeness (QED) is 0.433. The summed E-state index contributed by atoms with van der Waals surface area (Å²) in [4.78, 5) is 22.9. The normalized spacial score (nSPS) is 14.9. The largest absolute Gasteiger partial charge is 0.480 e. The zero-order valence-electron chi connectivity index (χ0n) is 9.46. The van der Waals surface area contributed by atoms with Crippen LogP contribution in [-0.4, -0.2) is 24.2 Å². The third kappa shape index (κ3) is 1.82. The van der Waals surface area contributed by atoms with Gasteiger partial charge in [-0.25, -0.2) is 0 Å². The number of aliphatic carboxylic acids is 1. The molecule has 0 saturated carbocycles. The Labute approximate surface area is 89.6 Å². The molecule has 0 radical (unpaired) electrons. The Bertz CT molecular complexity index is 311. The predicted molar refractivity (Wildman–Crippen MR) is 55.0 cm³/mol. The van der Waals surface area contributed by atoms with Crippen LogP contribution in [0.1, 0.15) is 27.2 Å². The first kappa shape index (κ1) is 13.5. The number of ether oxygens (including phenoxy) is 1. The molecule has 0 aromatic rings. The first-order valence-electron chi connectivity index (χ1n) is 4.59. The Kier molecular flexibility index (Phi) is 3.91. The van der Waals surface area contributed by atoms with Crippen LogP contribution in [0.5, 0.6) is 0 Å². The van der Waals surface area contributed by atoms with Crippen LogP contribution in [0, 0.1) is 23.2 Å². The molecule has 1 N–H and O–H groups in total. The van der Waals surface area contributed by atoms with Gasteiger partial charge >= 0.3 is 11.9 Å². The summed E-state index contributed by atoms with van der Waals surface area (Å²) in [7, 11) is 1.16. The van der Waals surface area contributed by atoms with Gasteiger partial charge in [0.1, 0.15) is 0 Å². The molecule has 0 aromatic carbocycles. The van der Waals surface area contributed by atoms with Crippen molar-refractivity contribution in [1.82, 2.24) is 0 Å². The van der Waals surface area contributed by atoms with E-state index < -0.39 is 22.8 Å². The number of terminal acetylenes is 1. The van der Waals surface area contributed by atoms with Crippen molar-refractivity contribution in [3.8, 4) is 12.3 Å². The molecule has 0 heterocycles. The van der Waals surface area contributed by atoms with Crippen molar-refractivity contribution in [1.29, 1.82) is 0 Å². The van der Waals surface area contributed by atoms with Gasteiger partial charge in [0.2, 0.25) is 0 Å². The number of hydrogen-bond acceptors (Lipinski definition) is 3. The number of hydrogen-bond donors (Lipinski definition) is 1. The minimum atomic E-state index is -1.68. The predicted octanol–water partition coefficient (Wildman–Crippen LogP) is 1.30. The maximum Gasteiger partial charge on any atom is 0.324 e. The molecule has 0 bridgehead atoms. The minimum absolute atomic E-state index is 0.0895. The average molecular weight is 212 g/mol. The molecule has 0 aromatic heterocycles. The Hall–Kier alpha value is -1.50. The monoisotopic (exact) mass is 212 g/mol. The SMILES string of the molecule is C#CC(C)(C)C(CC)(C(=O)O)C(=O)OC. The summed E-state index contributed by atoms with van der Waals surface area (Å²) >= 11 is 0. The van der Waals surface area contributed by atoms with Crippen molar-refractivity contribution in [3.63, 3.8) is 0 Å². The van der Waals surface area contributed by atoms with E-state index in [0.717, 1.165) is 7.11 Å². The number of methoxy groups -OCH3 is 1. The zero-order valence-corrected chi connectivity index (χ0v) is 9.46. The summed E-state index contributed by atoms with van der Waals surface area (Å²) in [6.07, 6.45) is 5.37. The third-order valence-corrected chi connectivity index (χ3v) is 2.86. The van der Waals surface area contributed by atoms with Crippen molar-refractivity contribution in [2.75, 3.05) is 7.11 Å². The van der Waals surface area contributed by atoms with Crippen molar-refractivity contribution in [2.45, 2.75) is 27.2 Å². The highest BCUT2D eigenvalue weighted by atomic mass is 16.5. The van der Waals surface area contributed by atoms with E-state index in [1.807, 2.05) is 0 Å². The van der Waals surface area contributed by atoms with E-state index in [9.17, 15) is 14.7 Å². The Morgan fingerprint density at radius 1 is 1.47 bits per heavy atom. The van der Waals surface area contributed by atoms with Crippen molar-refractivity contribution < 1.29 is 19.4 Å². The Morgan fingerprint density at radius 2 is 1.93 bits per heavy atom. The Balaban J connectivity index is 5.69.